The van der Waals surface area contributed by atoms with E-state index >= 15 is 0 Å². The van der Waals surface area contributed by atoms with Gasteiger partial charge in [-0.2, -0.15) is 0 Å². The molecule has 0 aromatic rings. The van der Waals surface area contributed by atoms with Gasteiger partial charge in [0.1, 0.15) is 0 Å². The average Bonchev–Trinajstić information content (AvgIpc) is 1.99. The molecule has 0 aliphatic rings. The van der Waals surface area contributed by atoms with E-state index in [4.69, 9.17) is 5.11 Å². The number of carbonyl (C=O) groups is 1. The number of aliphatic hydroxyl groups is 1. The Morgan fingerprint density at radius 3 is 2.36 bits per heavy atom. The van der Waals surface area contributed by atoms with Crippen molar-refractivity contribution in [1.82, 2.24) is 5.32 Å². The van der Waals surface area contributed by atoms with E-state index in [0.29, 0.717) is 6.42 Å². The molecule has 0 aromatic carbocycles. The Morgan fingerprint density at radius 1 is 1.55 bits per heavy atom. The predicted molar refractivity (Wildman–Crippen MR) is 44.2 cm³/mol. The molecule has 0 saturated heterocycles. The maximum absolute atomic E-state index is 10.9. The zero-order chi connectivity index (χ0) is 8.85. The van der Waals surface area contributed by atoms with Crippen LogP contribution in [0.15, 0.2) is 0 Å². The van der Waals surface area contributed by atoms with E-state index in [2.05, 4.69) is 5.32 Å². The van der Waals surface area contributed by atoms with Crippen molar-refractivity contribution in [2.24, 2.45) is 0 Å². The maximum atomic E-state index is 10.9. The Hall–Kier alpha value is -0.570. The molecule has 2 atom stereocenters. The number of hydrogen-bond donors (Lipinski definition) is 2. The lowest BCUT2D eigenvalue weighted by atomic mass is 10.1. The highest BCUT2D eigenvalue weighted by Crippen LogP contribution is 1.97. The van der Waals surface area contributed by atoms with Gasteiger partial charge in [0, 0.05) is 6.42 Å². The van der Waals surface area contributed by atoms with Gasteiger partial charge in [-0.3, -0.25) is 4.79 Å². The topological polar surface area (TPSA) is 49.3 Å². The van der Waals surface area contributed by atoms with E-state index in [9.17, 15) is 4.79 Å². The molecule has 0 aliphatic carbocycles. The van der Waals surface area contributed by atoms with Crippen molar-refractivity contribution >= 4 is 5.91 Å². The minimum atomic E-state index is -0.463. The van der Waals surface area contributed by atoms with Crippen LogP contribution >= 0.6 is 0 Å². The van der Waals surface area contributed by atoms with Crippen LogP contribution in [0.1, 0.15) is 33.6 Å². The molecule has 11 heavy (non-hydrogen) atoms. The molecule has 66 valence electrons. The van der Waals surface area contributed by atoms with Gasteiger partial charge in [-0.05, 0) is 13.3 Å². The molecular formula is C8H17NO2. The quantitative estimate of drug-likeness (QED) is 0.633. The lowest BCUT2D eigenvalue weighted by molar-refractivity contribution is -0.122. The lowest BCUT2D eigenvalue weighted by Gasteiger charge is -2.18. The van der Waals surface area contributed by atoms with E-state index in [1.807, 2.05) is 6.92 Å². The van der Waals surface area contributed by atoms with Gasteiger partial charge in [-0.1, -0.05) is 13.8 Å². The molecule has 0 spiro atoms. The Bertz CT molecular complexity index is 123. The standard InChI is InChI=1S/C8H17NO2/c1-4-7(6(3)10)9-8(11)5-2/h6-7,10H,4-5H2,1-3H3,(H,9,11). The van der Waals surface area contributed by atoms with Crippen molar-refractivity contribution in [1.29, 1.82) is 0 Å². The number of carbonyl (C=O) groups excluding carboxylic acids is 1. The first kappa shape index (κ1) is 10.4. The molecule has 3 heteroatoms. The minimum absolute atomic E-state index is 0.00208. The first-order chi connectivity index (χ1) is 5.11. The van der Waals surface area contributed by atoms with E-state index in [1.54, 1.807) is 13.8 Å². The summed E-state index contributed by atoms with van der Waals surface area (Å²) in [7, 11) is 0. The molecule has 0 aromatic heterocycles. The molecule has 2 unspecified atom stereocenters. The molecule has 0 rings (SSSR count). The van der Waals surface area contributed by atoms with Gasteiger partial charge in [0.25, 0.3) is 0 Å². The zero-order valence-corrected chi connectivity index (χ0v) is 7.42. The highest BCUT2D eigenvalue weighted by molar-refractivity contribution is 5.75. The van der Waals surface area contributed by atoms with Crippen LogP contribution in [0.3, 0.4) is 0 Å². The summed E-state index contributed by atoms with van der Waals surface area (Å²) >= 11 is 0. The summed E-state index contributed by atoms with van der Waals surface area (Å²) in [6, 6.07) is -0.0950. The fourth-order valence-electron chi connectivity index (χ4n) is 0.873. The van der Waals surface area contributed by atoms with Crippen LogP contribution in [0.2, 0.25) is 0 Å². The Labute approximate surface area is 67.8 Å². The maximum Gasteiger partial charge on any atom is 0.220 e. The summed E-state index contributed by atoms with van der Waals surface area (Å²) in [5.74, 6) is -0.00208. The average molecular weight is 159 g/mol. The van der Waals surface area contributed by atoms with E-state index in [0.717, 1.165) is 6.42 Å². The molecule has 1 amide bonds. The van der Waals surface area contributed by atoms with Gasteiger partial charge in [0.2, 0.25) is 5.91 Å². The SMILES string of the molecule is CCC(=O)NC(CC)C(C)O. The molecule has 0 fully saturated rings. The predicted octanol–water partition coefficient (Wildman–Crippen LogP) is 0.672. The van der Waals surface area contributed by atoms with Crippen molar-refractivity contribution in [2.45, 2.75) is 45.8 Å². The third-order valence-electron chi connectivity index (χ3n) is 1.69. The third kappa shape index (κ3) is 3.98. The van der Waals surface area contributed by atoms with Crippen LogP contribution in [0.25, 0.3) is 0 Å². The number of amides is 1. The molecule has 0 heterocycles. The van der Waals surface area contributed by atoms with Crippen LogP contribution < -0.4 is 5.32 Å². The van der Waals surface area contributed by atoms with Gasteiger partial charge < -0.3 is 10.4 Å². The van der Waals surface area contributed by atoms with Crippen molar-refractivity contribution in [3.05, 3.63) is 0 Å². The van der Waals surface area contributed by atoms with Gasteiger partial charge in [0.05, 0.1) is 12.1 Å². The number of rotatable bonds is 4. The second kappa shape index (κ2) is 5.13. The molecule has 0 saturated carbocycles. The fourth-order valence-corrected chi connectivity index (χ4v) is 0.873. The highest BCUT2D eigenvalue weighted by Gasteiger charge is 2.13. The van der Waals surface area contributed by atoms with Crippen LogP contribution in [0.5, 0.6) is 0 Å². The van der Waals surface area contributed by atoms with Crippen molar-refractivity contribution in [2.75, 3.05) is 0 Å². The summed E-state index contributed by atoms with van der Waals surface area (Å²) < 4.78 is 0. The smallest absolute Gasteiger partial charge is 0.220 e. The Morgan fingerprint density at radius 2 is 2.09 bits per heavy atom. The first-order valence-corrected chi connectivity index (χ1v) is 4.09. The number of hydrogen-bond acceptors (Lipinski definition) is 2. The summed E-state index contributed by atoms with van der Waals surface area (Å²) in [6.07, 6.45) is 0.780. The van der Waals surface area contributed by atoms with Crippen molar-refractivity contribution in [3.8, 4) is 0 Å². The second-order valence-corrected chi connectivity index (χ2v) is 2.68. The van der Waals surface area contributed by atoms with Crippen molar-refractivity contribution in [3.63, 3.8) is 0 Å². The van der Waals surface area contributed by atoms with E-state index in [1.165, 1.54) is 0 Å². The second-order valence-electron chi connectivity index (χ2n) is 2.68. The largest absolute Gasteiger partial charge is 0.391 e. The molecule has 2 N–H and O–H groups in total. The minimum Gasteiger partial charge on any atom is -0.391 e. The fraction of sp³-hybridized carbons (Fsp3) is 0.875. The Kier molecular flexibility index (Phi) is 4.86. The van der Waals surface area contributed by atoms with Crippen LogP contribution in [-0.2, 0) is 4.79 Å². The number of nitrogens with one attached hydrogen (secondary N) is 1. The van der Waals surface area contributed by atoms with Gasteiger partial charge in [0.15, 0.2) is 0 Å². The van der Waals surface area contributed by atoms with Crippen LogP contribution in [-0.4, -0.2) is 23.2 Å². The van der Waals surface area contributed by atoms with Gasteiger partial charge >= 0.3 is 0 Å². The van der Waals surface area contributed by atoms with Crippen LogP contribution in [0.4, 0.5) is 0 Å². The highest BCUT2D eigenvalue weighted by atomic mass is 16.3. The third-order valence-corrected chi connectivity index (χ3v) is 1.69. The summed E-state index contributed by atoms with van der Waals surface area (Å²) in [5, 5.41) is 11.9. The van der Waals surface area contributed by atoms with E-state index < -0.39 is 6.10 Å². The van der Waals surface area contributed by atoms with Gasteiger partial charge in [-0.25, -0.2) is 0 Å². The van der Waals surface area contributed by atoms with E-state index in [-0.39, 0.29) is 11.9 Å². The molecule has 0 bridgehead atoms. The summed E-state index contributed by atoms with van der Waals surface area (Å²) in [6.45, 7) is 5.42. The van der Waals surface area contributed by atoms with Gasteiger partial charge in [-0.15, -0.1) is 0 Å². The molecular weight excluding hydrogens is 142 g/mol. The molecule has 0 aliphatic heterocycles. The summed E-state index contributed by atoms with van der Waals surface area (Å²) in [5.41, 5.74) is 0. The molecule has 0 radical (unpaired) electrons. The number of aliphatic hydroxyl groups excluding tert-OH is 1. The molecule has 3 nitrogen and oxygen atoms in total. The lowest BCUT2D eigenvalue weighted by Crippen LogP contribution is -2.41. The zero-order valence-electron chi connectivity index (χ0n) is 7.42. The first-order valence-electron chi connectivity index (χ1n) is 4.09. The van der Waals surface area contributed by atoms with Crippen LogP contribution in [0, 0.1) is 0 Å². The van der Waals surface area contributed by atoms with Crippen molar-refractivity contribution < 1.29 is 9.90 Å². The summed E-state index contributed by atoms with van der Waals surface area (Å²) in [4.78, 5) is 10.9. The normalized spacial score (nSPS) is 15.6. The monoisotopic (exact) mass is 159 g/mol. The Balaban J connectivity index is 3.78.